The fourth-order valence-corrected chi connectivity index (χ4v) is 2.10. The van der Waals surface area contributed by atoms with Crippen LogP contribution in [0.1, 0.15) is 32.4 Å². The maximum Gasteiger partial charge on any atom is 0.142 e. The lowest BCUT2D eigenvalue weighted by atomic mass is 10.1. The van der Waals surface area contributed by atoms with Crippen molar-refractivity contribution in [1.29, 1.82) is 5.26 Å². The Morgan fingerprint density at radius 1 is 1.44 bits per heavy atom. The molecule has 0 aromatic carbocycles. The topological polar surface area (TPSA) is 49.1 Å². The van der Waals surface area contributed by atoms with Crippen LogP contribution in [-0.4, -0.2) is 31.3 Å². The molecule has 1 rings (SSSR count). The van der Waals surface area contributed by atoms with Gasteiger partial charge in [-0.15, -0.1) is 0 Å². The van der Waals surface area contributed by atoms with E-state index in [9.17, 15) is 0 Å². The predicted octanol–water partition coefficient (Wildman–Crippen LogP) is 2.59. The predicted molar refractivity (Wildman–Crippen MR) is 72.5 cm³/mol. The Balaban J connectivity index is 2.96. The number of pyridine rings is 1. The van der Waals surface area contributed by atoms with E-state index in [1.54, 1.807) is 13.3 Å². The van der Waals surface area contributed by atoms with Crippen LogP contribution < -0.4 is 4.90 Å². The maximum absolute atomic E-state index is 8.92. The van der Waals surface area contributed by atoms with Crippen LogP contribution in [0.5, 0.6) is 0 Å². The fraction of sp³-hybridized carbons (Fsp3) is 0.571. The number of hydrogen-bond acceptors (Lipinski definition) is 4. The summed E-state index contributed by atoms with van der Waals surface area (Å²) in [5.41, 5.74) is 1.51. The molecule has 1 aromatic rings. The van der Waals surface area contributed by atoms with Gasteiger partial charge in [0.1, 0.15) is 11.8 Å². The number of aromatic nitrogens is 1. The van der Waals surface area contributed by atoms with Crippen LogP contribution in [0.25, 0.3) is 0 Å². The molecule has 0 N–H and O–H groups in total. The molecule has 0 saturated heterocycles. The number of nitrogens with zero attached hydrogens (tertiary/aromatic N) is 3. The van der Waals surface area contributed by atoms with Crippen LogP contribution in [0, 0.1) is 11.3 Å². The van der Waals surface area contributed by atoms with Crippen LogP contribution in [0.2, 0.25) is 0 Å². The second-order valence-electron chi connectivity index (χ2n) is 4.17. The minimum Gasteiger partial charge on any atom is -0.383 e. The van der Waals surface area contributed by atoms with Crippen LogP contribution in [0.3, 0.4) is 0 Å². The number of rotatable bonds is 7. The van der Waals surface area contributed by atoms with Crippen molar-refractivity contribution in [1.82, 2.24) is 4.98 Å². The Kier molecular flexibility index (Phi) is 6.16. The first-order valence-corrected chi connectivity index (χ1v) is 6.38. The molecule has 0 aliphatic heterocycles. The van der Waals surface area contributed by atoms with Gasteiger partial charge in [0, 0.05) is 31.6 Å². The molecule has 0 amide bonds. The molecule has 0 bridgehead atoms. The highest BCUT2D eigenvalue weighted by atomic mass is 16.5. The number of anilines is 1. The lowest BCUT2D eigenvalue weighted by Gasteiger charge is -2.32. The van der Waals surface area contributed by atoms with Gasteiger partial charge in [0.05, 0.1) is 6.61 Å². The summed E-state index contributed by atoms with van der Waals surface area (Å²) in [4.78, 5) is 6.31. The molecule has 0 aliphatic carbocycles. The normalized spacial score (nSPS) is 10.4. The smallest absolute Gasteiger partial charge is 0.142 e. The largest absolute Gasteiger partial charge is 0.383 e. The van der Waals surface area contributed by atoms with Crippen molar-refractivity contribution in [2.75, 3.05) is 25.2 Å². The second-order valence-corrected chi connectivity index (χ2v) is 4.17. The van der Waals surface area contributed by atoms with Gasteiger partial charge in [-0.1, -0.05) is 13.8 Å². The van der Waals surface area contributed by atoms with Crippen LogP contribution >= 0.6 is 0 Å². The number of ether oxygens (including phenoxy) is 1. The third kappa shape index (κ3) is 3.71. The molecule has 0 fully saturated rings. The summed E-state index contributed by atoms with van der Waals surface area (Å²) in [6.07, 6.45) is 3.84. The summed E-state index contributed by atoms with van der Waals surface area (Å²) < 4.78 is 5.17. The first-order chi connectivity index (χ1) is 8.76. The molecule has 4 nitrogen and oxygen atoms in total. The van der Waals surface area contributed by atoms with Crippen molar-refractivity contribution in [3.05, 3.63) is 24.0 Å². The van der Waals surface area contributed by atoms with Crippen LogP contribution in [0.15, 0.2) is 18.3 Å². The molecule has 98 valence electrons. The average molecular weight is 247 g/mol. The molecule has 18 heavy (non-hydrogen) atoms. The average Bonchev–Trinajstić information content (AvgIpc) is 2.43. The van der Waals surface area contributed by atoms with Gasteiger partial charge in [-0.2, -0.15) is 5.26 Å². The Morgan fingerprint density at radius 2 is 2.17 bits per heavy atom. The van der Waals surface area contributed by atoms with E-state index in [-0.39, 0.29) is 0 Å². The van der Waals surface area contributed by atoms with Gasteiger partial charge in [0.2, 0.25) is 0 Å². The van der Waals surface area contributed by atoms with E-state index in [0.717, 1.165) is 25.1 Å². The highest BCUT2D eigenvalue weighted by molar-refractivity contribution is 5.49. The highest BCUT2D eigenvalue weighted by Crippen LogP contribution is 2.20. The van der Waals surface area contributed by atoms with E-state index in [4.69, 9.17) is 10.00 Å². The van der Waals surface area contributed by atoms with Crippen molar-refractivity contribution in [3.8, 4) is 6.07 Å². The Labute approximate surface area is 109 Å². The van der Waals surface area contributed by atoms with E-state index in [1.165, 1.54) is 0 Å². The molecule has 0 atom stereocenters. The van der Waals surface area contributed by atoms with E-state index in [1.807, 2.05) is 12.1 Å². The molecule has 0 saturated carbocycles. The van der Waals surface area contributed by atoms with E-state index < -0.39 is 0 Å². The standard InChI is InChI=1S/C14H21N3O/c1-4-13(5-2)17(8-9-18-3)14-6-7-16-12(10-14)11-15/h6-7,10,13H,4-5,8-9H2,1-3H3. The van der Waals surface area contributed by atoms with Crippen molar-refractivity contribution in [3.63, 3.8) is 0 Å². The molecular formula is C14H21N3O. The molecular weight excluding hydrogens is 226 g/mol. The Morgan fingerprint density at radius 3 is 2.72 bits per heavy atom. The highest BCUT2D eigenvalue weighted by Gasteiger charge is 2.15. The fourth-order valence-electron chi connectivity index (χ4n) is 2.10. The van der Waals surface area contributed by atoms with E-state index >= 15 is 0 Å². The summed E-state index contributed by atoms with van der Waals surface area (Å²) in [6.45, 7) is 5.87. The molecule has 0 spiro atoms. The maximum atomic E-state index is 8.92. The van der Waals surface area contributed by atoms with Gasteiger partial charge in [0.15, 0.2) is 0 Å². The lowest BCUT2D eigenvalue weighted by molar-refractivity contribution is 0.202. The molecule has 1 aromatic heterocycles. The second kappa shape index (κ2) is 7.67. The quantitative estimate of drug-likeness (QED) is 0.743. The SMILES string of the molecule is CCC(CC)N(CCOC)c1ccnc(C#N)c1. The lowest BCUT2D eigenvalue weighted by Crippen LogP contribution is -2.37. The van der Waals surface area contributed by atoms with Crippen molar-refractivity contribution in [2.24, 2.45) is 0 Å². The first kappa shape index (κ1) is 14.5. The van der Waals surface area contributed by atoms with Crippen LogP contribution in [0.4, 0.5) is 5.69 Å². The number of methoxy groups -OCH3 is 1. The minimum atomic E-state index is 0.459. The number of hydrogen-bond donors (Lipinski definition) is 0. The van der Waals surface area contributed by atoms with Crippen LogP contribution in [-0.2, 0) is 4.74 Å². The van der Waals surface area contributed by atoms with Gasteiger partial charge >= 0.3 is 0 Å². The van der Waals surface area contributed by atoms with Gasteiger partial charge in [0.25, 0.3) is 0 Å². The van der Waals surface area contributed by atoms with Crippen molar-refractivity contribution < 1.29 is 4.74 Å². The summed E-state index contributed by atoms with van der Waals surface area (Å²) in [5, 5.41) is 8.92. The van der Waals surface area contributed by atoms with E-state index in [0.29, 0.717) is 18.3 Å². The van der Waals surface area contributed by atoms with Gasteiger partial charge in [-0.3, -0.25) is 0 Å². The summed E-state index contributed by atoms with van der Waals surface area (Å²) in [5.74, 6) is 0. The zero-order valence-corrected chi connectivity index (χ0v) is 11.4. The molecule has 1 heterocycles. The third-order valence-electron chi connectivity index (χ3n) is 3.11. The summed E-state index contributed by atoms with van der Waals surface area (Å²) in [6, 6.07) is 6.35. The van der Waals surface area contributed by atoms with E-state index in [2.05, 4.69) is 29.8 Å². The van der Waals surface area contributed by atoms with Gasteiger partial charge in [-0.25, -0.2) is 4.98 Å². The molecule has 0 unspecified atom stereocenters. The first-order valence-electron chi connectivity index (χ1n) is 6.38. The van der Waals surface area contributed by atoms with Gasteiger partial charge in [-0.05, 0) is 25.0 Å². The molecule has 0 aliphatic rings. The zero-order chi connectivity index (χ0) is 13.4. The summed E-state index contributed by atoms with van der Waals surface area (Å²) in [7, 11) is 1.71. The summed E-state index contributed by atoms with van der Waals surface area (Å²) >= 11 is 0. The van der Waals surface area contributed by atoms with Crippen molar-refractivity contribution in [2.45, 2.75) is 32.7 Å². The Bertz CT molecular complexity index is 396. The van der Waals surface area contributed by atoms with Crippen molar-refractivity contribution >= 4 is 5.69 Å². The molecule has 0 radical (unpaired) electrons. The van der Waals surface area contributed by atoms with Gasteiger partial charge < -0.3 is 9.64 Å². The monoisotopic (exact) mass is 247 g/mol. The third-order valence-corrected chi connectivity index (χ3v) is 3.11. The minimum absolute atomic E-state index is 0.459. The molecule has 4 heteroatoms. The number of nitriles is 1. The zero-order valence-electron chi connectivity index (χ0n) is 11.4. The Hall–Kier alpha value is -1.60.